The molecule has 2 aromatic rings. The number of phenols is 1. The molecule has 39 heavy (non-hydrogen) atoms. The monoisotopic (exact) mass is 532 g/mol. The fourth-order valence-corrected chi connectivity index (χ4v) is 6.06. The number of ketones is 2. The zero-order valence-corrected chi connectivity index (χ0v) is 21.0. The summed E-state index contributed by atoms with van der Waals surface area (Å²) in [6, 6.07) is 7.56. The highest BCUT2D eigenvalue weighted by atomic mass is 19.1. The number of halogens is 1. The van der Waals surface area contributed by atoms with Crippen LogP contribution in [0.5, 0.6) is 5.75 Å². The second-order valence-corrected chi connectivity index (χ2v) is 10.2. The Balaban J connectivity index is 1.69. The predicted molar refractivity (Wildman–Crippen MR) is 137 cm³/mol. The molecule has 10 heteroatoms. The number of aromatic hydroxyl groups is 1. The molecule has 4 unspecified atom stereocenters. The molecular weight excluding hydrogens is 507 g/mol. The van der Waals surface area contributed by atoms with Crippen LogP contribution in [0.4, 0.5) is 4.39 Å². The number of aliphatic hydroxyl groups is 3. The van der Waals surface area contributed by atoms with Gasteiger partial charge in [0.2, 0.25) is 5.78 Å². The highest BCUT2D eigenvalue weighted by molar-refractivity contribution is 6.24. The first-order valence-electron chi connectivity index (χ1n) is 12.2. The molecule has 3 aliphatic rings. The first-order chi connectivity index (χ1) is 18.4. The number of hydrogen-bond acceptors (Lipinski definition) is 8. The van der Waals surface area contributed by atoms with Gasteiger partial charge in [0, 0.05) is 17.1 Å². The van der Waals surface area contributed by atoms with Gasteiger partial charge in [-0.25, -0.2) is 4.39 Å². The number of likely N-dealkylation sites (N-methyl/N-ethyl adjacent to an activating group) is 1. The van der Waals surface area contributed by atoms with Crippen molar-refractivity contribution in [1.82, 2.24) is 4.90 Å². The van der Waals surface area contributed by atoms with Crippen LogP contribution >= 0.6 is 0 Å². The third-order valence-electron chi connectivity index (χ3n) is 7.81. The summed E-state index contributed by atoms with van der Waals surface area (Å²) in [5.41, 5.74) is 2.36. The van der Waals surface area contributed by atoms with Gasteiger partial charge >= 0.3 is 0 Å². The Labute approximate surface area is 222 Å². The molecule has 0 bridgehead atoms. The maximum atomic E-state index is 14.1. The van der Waals surface area contributed by atoms with Crippen molar-refractivity contribution in [2.24, 2.45) is 17.6 Å². The van der Waals surface area contributed by atoms with Gasteiger partial charge in [-0.15, -0.1) is 0 Å². The van der Waals surface area contributed by atoms with Crippen LogP contribution in [0.15, 0.2) is 53.3 Å². The summed E-state index contributed by atoms with van der Waals surface area (Å²) >= 11 is 0. The standard InChI is InChI=1S/C29H25FN2O7/c1-32(2)23-17-12-15-11-16-13(7-8-14-5-3-4-6-18(14)30)9-10-19(33)21(16)24(34)20(15)26(36)29(17,39)27(37)22(25(23)35)28(31)38/h3-6,9-10,15,17,23,33-34,37,39H,11-12H2,1-2H3,(H2,31,38). The predicted octanol–water partition coefficient (Wildman–Crippen LogP) is 1.50. The van der Waals surface area contributed by atoms with Crippen molar-refractivity contribution >= 4 is 23.2 Å². The van der Waals surface area contributed by atoms with Crippen LogP contribution in [0.1, 0.15) is 28.7 Å². The van der Waals surface area contributed by atoms with Crippen molar-refractivity contribution in [1.29, 1.82) is 0 Å². The van der Waals surface area contributed by atoms with Crippen molar-refractivity contribution < 1.29 is 39.2 Å². The zero-order chi connectivity index (χ0) is 28.4. The molecule has 0 aromatic heterocycles. The van der Waals surface area contributed by atoms with Gasteiger partial charge in [0.1, 0.15) is 28.7 Å². The molecule has 6 N–H and O–H groups in total. The molecular formula is C29H25FN2O7. The van der Waals surface area contributed by atoms with Crippen LogP contribution in [0.3, 0.4) is 0 Å². The van der Waals surface area contributed by atoms with Gasteiger partial charge in [0.25, 0.3) is 5.91 Å². The average molecular weight is 533 g/mol. The Hall–Kier alpha value is -4.46. The summed E-state index contributed by atoms with van der Waals surface area (Å²) in [6.07, 6.45) is 0.0474. The van der Waals surface area contributed by atoms with Crippen molar-refractivity contribution in [3.05, 3.63) is 81.4 Å². The molecule has 9 nitrogen and oxygen atoms in total. The fourth-order valence-electron chi connectivity index (χ4n) is 6.06. The Kier molecular flexibility index (Phi) is 6.09. The van der Waals surface area contributed by atoms with Crippen molar-refractivity contribution in [2.45, 2.75) is 24.5 Å². The smallest absolute Gasteiger partial charge is 0.255 e. The van der Waals surface area contributed by atoms with E-state index in [1.54, 1.807) is 6.07 Å². The van der Waals surface area contributed by atoms with Crippen molar-refractivity contribution in [2.75, 3.05) is 14.1 Å². The van der Waals surface area contributed by atoms with Crippen LogP contribution in [0.25, 0.3) is 5.76 Å². The molecule has 4 atom stereocenters. The van der Waals surface area contributed by atoms with Crippen LogP contribution in [-0.4, -0.2) is 68.5 Å². The topological polar surface area (TPSA) is 161 Å². The SMILES string of the molecule is CN(C)C1C(=O)C(C(N)=O)=C(O)C2(O)C(=O)C3=C(O)c4c(O)ccc(C#Cc5ccccc5F)c4CC3CC12. The number of carbonyl (C=O) groups is 3. The van der Waals surface area contributed by atoms with E-state index in [0.29, 0.717) is 11.1 Å². The number of Topliss-reactive ketones (excluding diaryl/α,β-unsaturated/α-hetero) is 2. The summed E-state index contributed by atoms with van der Waals surface area (Å²) < 4.78 is 14.1. The number of carbonyl (C=O) groups excluding carboxylic acids is 3. The minimum Gasteiger partial charge on any atom is -0.508 e. The van der Waals surface area contributed by atoms with Crippen LogP contribution in [-0.2, 0) is 20.8 Å². The Bertz CT molecular complexity index is 1600. The lowest BCUT2D eigenvalue weighted by molar-refractivity contribution is -0.153. The van der Waals surface area contributed by atoms with Gasteiger partial charge in [-0.3, -0.25) is 19.3 Å². The van der Waals surface area contributed by atoms with Gasteiger partial charge in [-0.2, -0.15) is 0 Å². The van der Waals surface area contributed by atoms with Gasteiger partial charge in [-0.1, -0.05) is 24.0 Å². The second-order valence-electron chi connectivity index (χ2n) is 10.2. The molecule has 1 saturated carbocycles. The van der Waals surface area contributed by atoms with E-state index < -0.39 is 63.9 Å². The highest BCUT2D eigenvalue weighted by Crippen LogP contribution is 2.52. The normalized spacial score (nSPS) is 26.0. The molecule has 0 saturated heterocycles. The van der Waals surface area contributed by atoms with E-state index in [1.807, 2.05) is 0 Å². The summed E-state index contributed by atoms with van der Waals surface area (Å²) in [5, 5.41) is 44.4. The lowest BCUT2D eigenvalue weighted by Gasteiger charge is -2.50. The zero-order valence-electron chi connectivity index (χ0n) is 21.0. The molecule has 200 valence electrons. The number of rotatable bonds is 2. The number of nitrogens with zero attached hydrogens (tertiary/aromatic N) is 1. The van der Waals surface area contributed by atoms with Crippen LogP contribution in [0, 0.1) is 29.5 Å². The molecule has 0 heterocycles. The maximum absolute atomic E-state index is 14.1. The number of nitrogens with two attached hydrogens (primary N) is 1. The third-order valence-corrected chi connectivity index (χ3v) is 7.81. The number of primary amides is 1. The minimum absolute atomic E-state index is 0.0401. The number of amides is 1. The highest BCUT2D eigenvalue weighted by Gasteiger charge is 2.64. The van der Waals surface area contributed by atoms with Gasteiger partial charge < -0.3 is 26.2 Å². The molecule has 1 fully saturated rings. The molecule has 2 aromatic carbocycles. The van der Waals surface area contributed by atoms with Crippen molar-refractivity contribution in [3.63, 3.8) is 0 Å². The molecule has 1 amide bonds. The number of fused-ring (bicyclic) bond motifs is 3. The van der Waals surface area contributed by atoms with E-state index in [1.165, 1.54) is 49.3 Å². The maximum Gasteiger partial charge on any atom is 0.255 e. The third kappa shape index (κ3) is 3.73. The number of aliphatic hydroxyl groups excluding tert-OH is 2. The first kappa shape index (κ1) is 26.2. The summed E-state index contributed by atoms with van der Waals surface area (Å²) in [5.74, 6) is -2.12. The van der Waals surface area contributed by atoms with E-state index in [2.05, 4.69) is 11.8 Å². The quantitative estimate of drug-likeness (QED) is 0.287. The molecule has 0 spiro atoms. The first-order valence-corrected chi connectivity index (χ1v) is 12.2. The Morgan fingerprint density at radius 3 is 2.38 bits per heavy atom. The van der Waals surface area contributed by atoms with Crippen LogP contribution in [0.2, 0.25) is 0 Å². The minimum atomic E-state index is -2.71. The van der Waals surface area contributed by atoms with Gasteiger partial charge in [-0.05, 0) is 62.7 Å². The van der Waals surface area contributed by atoms with Crippen molar-refractivity contribution in [3.8, 4) is 17.6 Å². The largest absolute Gasteiger partial charge is 0.508 e. The average Bonchev–Trinajstić information content (AvgIpc) is 2.86. The Morgan fingerprint density at radius 2 is 1.74 bits per heavy atom. The number of hydrogen-bond donors (Lipinski definition) is 5. The summed E-state index contributed by atoms with van der Waals surface area (Å²) in [6.45, 7) is 0. The summed E-state index contributed by atoms with van der Waals surface area (Å²) in [4.78, 5) is 40.5. The Morgan fingerprint density at radius 1 is 1.08 bits per heavy atom. The molecule has 0 radical (unpaired) electrons. The number of benzene rings is 2. The van der Waals surface area contributed by atoms with Gasteiger partial charge in [0.05, 0.1) is 17.2 Å². The van der Waals surface area contributed by atoms with Crippen LogP contribution < -0.4 is 5.73 Å². The second kappa shape index (κ2) is 9.08. The molecule has 5 rings (SSSR count). The molecule has 0 aliphatic heterocycles. The lowest BCUT2D eigenvalue weighted by atomic mass is 9.57. The number of phenolic OH excluding ortho intramolecular Hbond substituents is 1. The summed E-state index contributed by atoms with van der Waals surface area (Å²) in [7, 11) is 3.06. The van der Waals surface area contributed by atoms with E-state index in [9.17, 15) is 39.2 Å². The van der Waals surface area contributed by atoms with E-state index in [4.69, 9.17) is 5.73 Å². The molecule has 3 aliphatic carbocycles. The van der Waals surface area contributed by atoms with Gasteiger partial charge in [0.15, 0.2) is 11.4 Å². The van der Waals surface area contributed by atoms with E-state index in [-0.39, 0.29) is 35.3 Å². The fraction of sp³-hybridized carbons (Fsp3) is 0.276. The van der Waals surface area contributed by atoms with E-state index >= 15 is 0 Å². The lowest BCUT2D eigenvalue weighted by Crippen LogP contribution is -2.65. The van der Waals surface area contributed by atoms with E-state index in [0.717, 1.165) is 0 Å².